The third kappa shape index (κ3) is 3.30. The summed E-state index contributed by atoms with van der Waals surface area (Å²) in [6.07, 6.45) is 4.87. The molecule has 1 aliphatic carbocycles. The predicted octanol–water partition coefficient (Wildman–Crippen LogP) is 2.62. The van der Waals surface area contributed by atoms with Crippen LogP contribution >= 0.6 is 11.3 Å². The van der Waals surface area contributed by atoms with Crippen LogP contribution in [0, 0.1) is 0 Å². The molecule has 0 saturated carbocycles. The maximum atomic E-state index is 12.1. The van der Waals surface area contributed by atoms with E-state index in [1.54, 1.807) is 6.08 Å². The maximum Gasteiger partial charge on any atom is 0.410 e. The van der Waals surface area contributed by atoms with Gasteiger partial charge in [-0.15, -0.1) is 11.3 Å². The summed E-state index contributed by atoms with van der Waals surface area (Å²) >= 11 is 1.53. The summed E-state index contributed by atoms with van der Waals surface area (Å²) in [4.78, 5) is 19.5. The lowest BCUT2D eigenvalue weighted by Crippen LogP contribution is -2.44. The van der Waals surface area contributed by atoms with Gasteiger partial charge in [0, 0.05) is 23.9 Å². The number of thiazole rings is 1. The highest BCUT2D eigenvalue weighted by molar-refractivity contribution is 7.15. The lowest BCUT2D eigenvalue weighted by molar-refractivity contribution is 0.0910. The number of carbonyl (C=O) groups is 1. The van der Waals surface area contributed by atoms with Gasteiger partial charge < -0.3 is 15.4 Å². The number of hydrogen-bond acceptors (Lipinski definition) is 5. The number of ether oxygens (including phenoxy) is 1. The third-order valence-corrected chi connectivity index (χ3v) is 4.34. The molecular weight excluding hydrogens is 274 g/mol. The number of nitrogens with zero attached hydrogens (tertiary/aromatic N) is 2. The van der Waals surface area contributed by atoms with Crippen molar-refractivity contribution in [3.8, 4) is 0 Å². The molecule has 20 heavy (non-hydrogen) atoms. The molecule has 1 heterocycles. The largest absolute Gasteiger partial charge is 0.445 e. The SMILES string of the molecule is C=CCOC(=O)N(CCC)[C@H]1CCc2nc(N)sc2C1. The van der Waals surface area contributed by atoms with Gasteiger partial charge in [0.05, 0.1) is 5.69 Å². The van der Waals surface area contributed by atoms with Crippen molar-refractivity contribution >= 4 is 22.6 Å². The van der Waals surface area contributed by atoms with Crippen LogP contribution in [-0.4, -0.2) is 35.2 Å². The molecule has 0 saturated heterocycles. The number of aryl methyl sites for hydroxylation is 1. The summed E-state index contributed by atoms with van der Waals surface area (Å²) in [6, 6.07) is 0.180. The van der Waals surface area contributed by atoms with Crippen LogP contribution in [0.1, 0.15) is 30.3 Å². The molecule has 0 bridgehead atoms. The van der Waals surface area contributed by atoms with E-state index in [-0.39, 0.29) is 18.7 Å². The van der Waals surface area contributed by atoms with Crippen LogP contribution in [-0.2, 0) is 17.6 Å². The fourth-order valence-corrected chi connectivity index (χ4v) is 3.47. The molecule has 0 unspecified atom stereocenters. The number of fused-ring (bicyclic) bond motifs is 1. The van der Waals surface area contributed by atoms with E-state index in [4.69, 9.17) is 10.5 Å². The first-order valence-electron chi connectivity index (χ1n) is 6.94. The number of nitrogens with two attached hydrogens (primary N) is 1. The minimum Gasteiger partial charge on any atom is -0.445 e. The fourth-order valence-electron chi connectivity index (χ4n) is 2.52. The van der Waals surface area contributed by atoms with Gasteiger partial charge >= 0.3 is 6.09 Å². The van der Waals surface area contributed by atoms with Gasteiger partial charge in [-0.2, -0.15) is 0 Å². The molecule has 0 fully saturated rings. The first-order valence-corrected chi connectivity index (χ1v) is 7.75. The van der Waals surface area contributed by atoms with Crippen LogP contribution in [0.25, 0.3) is 0 Å². The number of rotatable bonds is 5. The Labute approximate surface area is 123 Å². The van der Waals surface area contributed by atoms with Crippen molar-refractivity contribution in [2.45, 2.75) is 38.6 Å². The second-order valence-electron chi connectivity index (χ2n) is 4.88. The molecule has 2 rings (SSSR count). The molecule has 0 spiro atoms. The second kappa shape index (κ2) is 6.74. The number of amides is 1. The van der Waals surface area contributed by atoms with E-state index in [1.807, 2.05) is 4.90 Å². The zero-order chi connectivity index (χ0) is 14.5. The molecule has 6 heteroatoms. The number of anilines is 1. The molecule has 0 radical (unpaired) electrons. The van der Waals surface area contributed by atoms with Gasteiger partial charge in [0.15, 0.2) is 5.13 Å². The molecule has 1 atom stereocenters. The summed E-state index contributed by atoms with van der Waals surface area (Å²) in [5.74, 6) is 0. The minimum atomic E-state index is -0.252. The van der Waals surface area contributed by atoms with Crippen LogP contribution in [0.15, 0.2) is 12.7 Å². The van der Waals surface area contributed by atoms with Crippen molar-refractivity contribution in [2.75, 3.05) is 18.9 Å². The van der Waals surface area contributed by atoms with Crippen LogP contribution in [0.5, 0.6) is 0 Å². The highest BCUT2D eigenvalue weighted by Gasteiger charge is 2.29. The van der Waals surface area contributed by atoms with Crippen molar-refractivity contribution in [1.29, 1.82) is 0 Å². The highest BCUT2D eigenvalue weighted by Crippen LogP contribution is 2.30. The van der Waals surface area contributed by atoms with Gasteiger partial charge in [0.1, 0.15) is 6.61 Å². The normalized spacial score (nSPS) is 17.4. The Hall–Kier alpha value is -1.56. The Bertz CT molecular complexity index is 487. The summed E-state index contributed by atoms with van der Waals surface area (Å²) in [5.41, 5.74) is 6.85. The van der Waals surface area contributed by atoms with E-state index in [0.29, 0.717) is 11.7 Å². The highest BCUT2D eigenvalue weighted by atomic mass is 32.1. The van der Waals surface area contributed by atoms with E-state index < -0.39 is 0 Å². The zero-order valence-corrected chi connectivity index (χ0v) is 12.6. The molecule has 2 N–H and O–H groups in total. The van der Waals surface area contributed by atoms with E-state index in [0.717, 1.165) is 31.4 Å². The monoisotopic (exact) mass is 295 g/mol. The molecule has 5 nitrogen and oxygen atoms in total. The maximum absolute atomic E-state index is 12.1. The number of hydrogen-bond donors (Lipinski definition) is 1. The molecule has 0 aliphatic heterocycles. The summed E-state index contributed by atoms with van der Waals surface area (Å²) in [6.45, 7) is 6.60. The fraction of sp³-hybridized carbons (Fsp3) is 0.571. The second-order valence-corrected chi connectivity index (χ2v) is 5.99. The number of carbonyl (C=O) groups excluding carboxylic acids is 1. The van der Waals surface area contributed by atoms with Gasteiger partial charge in [-0.3, -0.25) is 0 Å². The molecule has 110 valence electrons. The van der Waals surface area contributed by atoms with Gasteiger partial charge in [-0.1, -0.05) is 19.6 Å². The molecule has 0 aromatic carbocycles. The Morgan fingerprint density at radius 3 is 3.20 bits per heavy atom. The molecule has 1 aromatic heterocycles. The Kier molecular flexibility index (Phi) is 5.00. The Morgan fingerprint density at radius 2 is 2.50 bits per heavy atom. The lowest BCUT2D eigenvalue weighted by atomic mass is 9.96. The van der Waals surface area contributed by atoms with Crippen LogP contribution in [0.4, 0.5) is 9.93 Å². The smallest absolute Gasteiger partial charge is 0.410 e. The quantitative estimate of drug-likeness (QED) is 0.848. The van der Waals surface area contributed by atoms with Gasteiger partial charge in [0.2, 0.25) is 0 Å². The predicted molar refractivity (Wildman–Crippen MR) is 80.9 cm³/mol. The van der Waals surface area contributed by atoms with Crippen LogP contribution in [0.2, 0.25) is 0 Å². The van der Waals surface area contributed by atoms with E-state index in [9.17, 15) is 4.79 Å². The van der Waals surface area contributed by atoms with Gasteiger partial charge in [0.25, 0.3) is 0 Å². The first-order chi connectivity index (χ1) is 9.65. The molecule has 1 aliphatic rings. The van der Waals surface area contributed by atoms with Crippen LogP contribution in [0.3, 0.4) is 0 Å². The Balaban J connectivity index is 2.06. The van der Waals surface area contributed by atoms with Gasteiger partial charge in [-0.25, -0.2) is 9.78 Å². The molecule has 1 aromatic rings. The van der Waals surface area contributed by atoms with Crippen molar-refractivity contribution in [3.05, 3.63) is 23.2 Å². The van der Waals surface area contributed by atoms with Crippen molar-refractivity contribution in [3.63, 3.8) is 0 Å². The summed E-state index contributed by atoms with van der Waals surface area (Å²) < 4.78 is 5.18. The summed E-state index contributed by atoms with van der Waals surface area (Å²) in [5, 5.41) is 0.618. The topological polar surface area (TPSA) is 68.5 Å². The Morgan fingerprint density at radius 1 is 1.70 bits per heavy atom. The standard InChI is InChI=1S/C14H21N3O2S/c1-3-7-17(14(18)19-8-4-2)10-5-6-11-12(9-10)20-13(15)16-11/h4,10H,2-3,5-9H2,1H3,(H2,15,16)/t10-/m0/s1. The lowest BCUT2D eigenvalue weighted by Gasteiger charge is -2.32. The third-order valence-electron chi connectivity index (χ3n) is 3.39. The number of nitrogen functional groups attached to an aromatic ring is 1. The van der Waals surface area contributed by atoms with Gasteiger partial charge in [-0.05, 0) is 19.3 Å². The number of aromatic nitrogens is 1. The average Bonchev–Trinajstić information content (AvgIpc) is 2.81. The van der Waals surface area contributed by atoms with E-state index in [1.165, 1.54) is 16.2 Å². The van der Waals surface area contributed by atoms with Crippen molar-refractivity contribution in [2.24, 2.45) is 0 Å². The van der Waals surface area contributed by atoms with Crippen molar-refractivity contribution < 1.29 is 9.53 Å². The minimum absolute atomic E-state index is 0.180. The average molecular weight is 295 g/mol. The molecule has 1 amide bonds. The first kappa shape index (κ1) is 14.8. The summed E-state index contributed by atoms with van der Waals surface area (Å²) in [7, 11) is 0. The molecular formula is C14H21N3O2S. The van der Waals surface area contributed by atoms with Crippen molar-refractivity contribution in [1.82, 2.24) is 9.88 Å². The van der Waals surface area contributed by atoms with Crippen LogP contribution < -0.4 is 5.73 Å². The zero-order valence-electron chi connectivity index (χ0n) is 11.8. The van der Waals surface area contributed by atoms with E-state index in [2.05, 4.69) is 18.5 Å². The van der Waals surface area contributed by atoms with E-state index >= 15 is 0 Å².